The van der Waals surface area contributed by atoms with Gasteiger partial charge in [0.15, 0.2) is 0 Å². The van der Waals surface area contributed by atoms with Gasteiger partial charge in [-0.15, -0.1) is 0 Å². The molecule has 0 amide bonds. The molecule has 4 aliphatic carbocycles. The van der Waals surface area contributed by atoms with Gasteiger partial charge in [0.05, 0.1) is 11.1 Å². The first-order valence-electron chi connectivity index (χ1n) is 25.4. The fourth-order valence-electron chi connectivity index (χ4n) is 13.5. The fraction of sp³-hybridized carbons (Fsp3) is 0.217. The van der Waals surface area contributed by atoms with Crippen molar-refractivity contribution in [1.29, 1.82) is 0 Å². The van der Waals surface area contributed by atoms with Gasteiger partial charge in [0.25, 0.3) is 0 Å². The molecule has 0 atom stereocenters. The largest absolute Gasteiger partial charge is 0.310 e. The zero-order valence-electron chi connectivity index (χ0n) is 42.3. The molecule has 1 heteroatoms. The molecular weight excluding hydrogens is 843 g/mol. The molecule has 9 aromatic carbocycles. The van der Waals surface area contributed by atoms with Crippen LogP contribution in [0.3, 0.4) is 0 Å². The van der Waals surface area contributed by atoms with Gasteiger partial charge in [0.1, 0.15) is 0 Å². The van der Waals surface area contributed by atoms with Gasteiger partial charge < -0.3 is 4.90 Å². The van der Waals surface area contributed by atoms with Crippen LogP contribution < -0.4 is 4.90 Å². The second-order valence-electron chi connectivity index (χ2n) is 23.7. The van der Waals surface area contributed by atoms with Gasteiger partial charge in [-0.3, -0.25) is 0 Å². The van der Waals surface area contributed by atoms with Crippen LogP contribution in [0.1, 0.15) is 125 Å². The standard InChI is InChI=1S/C69H61N/c1-65(2,3)43-31-36-51-52-37-32-44(66(4,5)6)40-61(52)69(60(51)39-43)57-26-16-13-21-54(57)63-58(69)27-18-28-62(63)70(46-35-38-50-48-19-11-14-24-55(48)67(7,8)59(50)41-46)45-33-29-42(30-34-45)47-22-17-23-53-49-20-12-15-25-56(49)68(9,10)64(47)53/h11-41H,1-10H3. The lowest BCUT2D eigenvalue weighted by Crippen LogP contribution is -2.27. The minimum atomic E-state index is -0.510. The summed E-state index contributed by atoms with van der Waals surface area (Å²) in [5.74, 6) is 0. The van der Waals surface area contributed by atoms with E-state index in [1.807, 2.05) is 0 Å². The quantitative estimate of drug-likeness (QED) is 0.170. The maximum atomic E-state index is 2.57. The molecule has 0 aromatic heterocycles. The van der Waals surface area contributed by atoms with Crippen molar-refractivity contribution in [1.82, 2.24) is 0 Å². The first-order chi connectivity index (χ1) is 33.5. The number of anilines is 3. The molecule has 0 saturated heterocycles. The molecule has 0 heterocycles. The summed E-state index contributed by atoms with van der Waals surface area (Å²) in [7, 11) is 0. The van der Waals surface area contributed by atoms with Gasteiger partial charge in [-0.25, -0.2) is 0 Å². The van der Waals surface area contributed by atoms with E-state index >= 15 is 0 Å². The van der Waals surface area contributed by atoms with Crippen LogP contribution in [0, 0.1) is 0 Å². The Hall–Kier alpha value is -7.22. The maximum Gasteiger partial charge on any atom is 0.0726 e. The molecule has 13 rings (SSSR count). The van der Waals surface area contributed by atoms with Crippen LogP contribution in [-0.2, 0) is 27.1 Å². The molecule has 0 bridgehead atoms. The maximum absolute atomic E-state index is 2.57. The summed E-state index contributed by atoms with van der Waals surface area (Å²) in [5, 5.41) is 0. The monoisotopic (exact) mass is 903 g/mol. The molecule has 70 heavy (non-hydrogen) atoms. The first kappa shape index (κ1) is 42.8. The van der Waals surface area contributed by atoms with Crippen molar-refractivity contribution < 1.29 is 0 Å². The lowest BCUT2D eigenvalue weighted by atomic mass is 9.69. The summed E-state index contributed by atoms with van der Waals surface area (Å²) in [6, 6.07) is 72.8. The topological polar surface area (TPSA) is 3.24 Å². The van der Waals surface area contributed by atoms with Gasteiger partial charge in [-0.2, -0.15) is 0 Å². The highest BCUT2D eigenvalue weighted by atomic mass is 15.1. The number of fused-ring (bicyclic) bond motifs is 16. The van der Waals surface area contributed by atoms with Crippen molar-refractivity contribution in [2.75, 3.05) is 4.90 Å². The van der Waals surface area contributed by atoms with E-state index in [-0.39, 0.29) is 21.7 Å². The second-order valence-corrected chi connectivity index (χ2v) is 23.7. The van der Waals surface area contributed by atoms with Gasteiger partial charge >= 0.3 is 0 Å². The molecule has 9 aromatic rings. The van der Waals surface area contributed by atoms with Crippen molar-refractivity contribution in [2.45, 2.75) is 96.3 Å². The van der Waals surface area contributed by atoms with E-state index in [9.17, 15) is 0 Å². The van der Waals surface area contributed by atoms with Crippen LogP contribution >= 0.6 is 0 Å². The zero-order chi connectivity index (χ0) is 48.3. The van der Waals surface area contributed by atoms with Crippen molar-refractivity contribution in [3.8, 4) is 55.6 Å². The highest BCUT2D eigenvalue weighted by molar-refractivity contribution is 6.02. The highest BCUT2D eigenvalue weighted by Crippen LogP contribution is 2.66. The molecule has 1 nitrogen and oxygen atoms in total. The van der Waals surface area contributed by atoms with Crippen LogP contribution in [-0.4, -0.2) is 0 Å². The first-order valence-corrected chi connectivity index (χ1v) is 25.4. The Kier molecular flexibility index (Phi) is 8.83. The Bertz CT molecular complexity index is 3610. The Morgan fingerprint density at radius 3 is 1.41 bits per heavy atom. The Labute approximate surface area is 415 Å². The molecular formula is C69H61N. The Morgan fingerprint density at radius 1 is 0.329 bits per heavy atom. The third-order valence-electron chi connectivity index (χ3n) is 17.0. The van der Waals surface area contributed by atoms with E-state index in [1.165, 1.54) is 117 Å². The number of nitrogens with zero attached hydrogens (tertiary/aromatic N) is 1. The van der Waals surface area contributed by atoms with E-state index in [4.69, 9.17) is 0 Å². The molecule has 4 aliphatic rings. The van der Waals surface area contributed by atoms with Crippen molar-refractivity contribution in [3.63, 3.8) is 0 Å². The molecule has 342 valence electrons. The Balaban J connectivity index is 1.06. The number of hydrogen-bond acceptors (Lipinski definition) is 1. The van der Waals surface area contributed by atoms with Crippen molar-refractivity contribution in [3.05, 3.63) is 244 Å². The zero-order valence-corrected chi connectivity index (χ0v) is 42.3. The molecule has 0 N–H and O–H groups in total. The summed E-state index contributed by atoms with van der Waals surface area (Å²) in [4.78, 5) is 2.57. The van der Waals surface area contributed by atoms with E-state index in [0.29, 0.717) is 0 Å². The SMILES string of the molecule is CC(C)(C)c1ccc2c(c1)C1(c3cc(C(C)(C)C)ccc3-2)c2ccccc2-c2c(N(c3ccc(-c4cccc5c4C(C)(C)c4ccccc4-5)cc3)c3ccc4c(c3)C(C)(C)c3ccccc3-4)cccc21. The molecule has 0 unspecified atom stereocenters. The van der Waals surface area contributed by atoms with E-state index in [1.54, 1.807) is 0 Å². The van der Waals surface area contributed by atoms with Gasteiger partial charge in [-0.1, -0.05) is 227 Å². The summed E-state index contributed by atoms with van der Waals surface area (Å²) in [6.45, 7) is 23.7. The second kappa shape index (κ2) is 14.4. The third-order valence-corrected chi connectivity index (χ3v) is 17.0. The molecule has 0 saturated carbocycles. The lowest BCUT2D eigenvalue weighted by Gasteiger charge is -2.33. The normalized spacial score (nSPS) is 15.6. The average Bonchev–Trinajstić information content (AvgIpc) is 3.99. The van der Waals surface area contributed by atoms with E-state index < -0.39 is 5.41 Å². The summed E-state index contributed by atoms with van der Waals surface area (Å²) in [5.41, 5.74) is 29.6. The number of rotatable bonds is 4. The summed E-state index contributed by atoms with van der Waals surface area (Å²) >= 11 is 0. The Morgan fingerprint density at radius 2 is 0.786 bits per heavy atom. The molecule has 0 fully saturated rings. The van der Waals surface area contributed by atoms with Crippen molar-refractivity contribution >= 4 is 17.1 Å². The molecule has 0 radical (unpaired) electrons. The van der Waals surface area contributed by atoms with Crippen LogP contribution in [0.5, 0.6) is 0 Å². The average molecular weight is 904 g/mol. The van der Waals surface area contributed by atoms with E-state index in [2.05, 4.69) is 262 Å². The number of hydrogen-bond donors (Lipinski definition) is 0. The highest BCUT2D eigenvalue weighted by Gasteiger charge is 2.53. The lowest BCUT2D eigenvalue weighted by molar-refractivity contribution is 0.586. The fourth-order valence-corrected chi connectivity index (χ4v) is 13.5. The van der Waals surface area contributed by atoms with Gasteiger partial charge in [-0.05, 0) is 147 Å². The predicted molar refractivity (Wildman–Crippen MR) is 295 cm³/mol. The minimum absolute atomic E-state index is 0.0199. The van der Waals surface area contributed by atoms with Crippen LogP contribution in [0.25, 0.3) is 55.6 Å². The van der Waals surface area contributed by atoms with Crippen LogP contribution in [0.2, 0.25) is 0 Å². The van der Waals surface area contributed by atoms with Crippen LogP contribution in [0.15, 0.2) is 188 Å². The van der Waals surface area contributed by atoms with Crippen LogP contribution in [0.4, 0.5) is 17.1 Å². The third kappa shape index (κ3) is 5.73. The summed E-state index contributed by atoms with van der Waals surface area (Å²) < 4.78 is 0. The smallest absolute Gasteiger partial charge is 0.0726 e. The number of benzene rings is 9. The van der Waals surface area contributed by atoms with E-state index in [0.717, 1.165) is 11.4 Å². The molecule has 0 aliphatic heterocycles. The molecule has 1 spiro atoms. The predicted octanol–water partition coefficient (Wildman–Crippen LogP) is 18.4. The summed E-state index contributed by atoms with van der Waals surface area (Å²) in [6.07, 6.45) is 0. The van der Waals surface area contributed by atoms with Gasteiger partial charge in [0, 0.05) is 27.8 Å². The minimum Gasteiger partial charge on any atom is -0.310 e. The van der Waals surface area contributed by atoms with Crippen molar-refractivity contribution in [2.24, 2.45) is 0 Å². The van der Waals surface area contributed by atoms with Gasteiger partial charge in [0.2, 0.25) is 0 Å².